The van der Waals surface area contributed by atoms with Gasteiger partial charge < -0.3 is 30.0 Å². The number of benzene rings is 3. The number of aromatic nitrogens is 1. The Bertz CT molecular complexity index is 1310. The molecule has 1 aliphatic heterocycles. The van der Waals surface area contributed by atoms with Crippen LogP contribution in [0.15, 0.2) is 66.9 Å². The molecule has 4 N–H and O–H groups in total. The van der Waals surface area contributed by atoms with Gasteiger partial charge in [0, 0.05) is 17.1 Å². The van der Waals surface area contributed by atoms with Crippen LogP contribution in [-0.2, 0) is 13.0 Å². The van der Waals surface area contributed by atoms with E-state index in [4.69, 9.17) is 9.47 Å². The number of fused-ring (bicyclic) bond motifs is 2. The van der Waals surface area contributed by atoms with Gasteiger partial charge in [0.15, 0.2) is 11.5 Å². The fourth-order valence-corrected chi connectivity index (χ4v) is 4.28. The van der Waals surface area contributed by atoms with Gasteiger partial charge in [-0.2, -0.15) is 0 Å². The number of carbonyl (C=O) groups is 1. The van der Waals surface area contributed by atoms with Crippen LogP contribution in [0.2, 0.25) is 0 Å². The highest BCUT2D eigenvalue weighted by Gasteiger charge is 2.24. The zero-order chi connectivity index (χ0) is 23.5. The number of rotatable bonds is 7. The number of para-hydroxylation sites is 1. The summed E-state index contributed by atoms with van der Waals surface area (Å²) in [5, 5.41) is 23.4. The SMILES string of the molecule is O=C(N[C@@H](CO)Cc1c[nH]c2ccccc12)c1cc(-c2ccc(CO)cc2)cc2c1OCCO2. The molecular formula is C27H26N2O5. The van der Waals surface area contributed by atoms with Crippen LogP contribution in [0.25, 0.3) is 22.0 Å². The number of H-pyrrole nitrogens is 1. The molecule has 5 rings (SSSR count). The zero-order valence-electron chi connectivity index (χ0n) is 18.6. The summed E-state index contributed by atoms with van der Waals surface area (Å²) in [6.45, 7) is 0.526. The number of nitrogens with one attached hydrogen (secondary N) is 2. The summed E-state index contributed by atoms with van der Waals surface area (Å²) < 4.78 is 11.6. The third-order valence-corrected chi connectivity index (χ3v) is 6.05. The van der Waals surface area contributed by atoms with E-state index in [1.54, 1.807) is 6.07 Å². The summed E-state index contributed by atoms with van der Waals surface area (Å²) in [6, 6.07) is 18.6. The number of hydrogen-bond donors (Lipinski definition) is 4. The number of aromatic amines is 1. The second-order valence-corrected chi connectivity index (χ2v) is 8.32. The minimum Gasteiger partial charge on any atom is -0.486 e. The molecule has 1 atom stereocenters. The molecule has 7 heteroatoms. The standard InChI is InChI=1S/C27H26N2O5/c30-15-17-5-7-18(8-6-17)19-12-23(26-25(13-19)33-9-10-34-26)27(32)29-21(16-31)11-20-14-28-24-4-2-1-3-22(20)24/h1-8,12-14,21,28,30-31H,9-11,15-16H2,(H,29,32)/t21-/m1/s1. The predicted molar refractivity (Wildman–Crippen MR) is 129 cm³/mol. The monoisotopic (exact) mass is 458 g/mol. The molecule has 0 saturated heterocycles. The molecule has 174 valence electrons. The topological polar surface area (TPSA) is 104 Å². The number of amides is 1. The highest BCUT2D eigenvalue weighted by Crippen LogP contribution is 2.38. The normalized spacial score (nSPS) is 13.6. The van der Waals surface area contributed by atoms with Crippen molar-refractivity contribution in [2.75, 3.05) is 19.8 Å². The van der Waals surface area contributed by atoms with Crippen LogP contribution in [0.3, 0.4) is 0 Å². The molecule has 7 nitrogen and oxygen atoms in total. The first-order chi connectivity index (χ1) is 16.7. The maximum absolute atomic E-state index is 13.4. The lowest BCUT2D eigenvalue weighted by Crippen LogP contribution is -2.39. The van der Waals surface area contributed by atoms with Gasteiger partial charge in [-0.15, -0.1) is 0 Å². The molecule has 2 heterocycles. The van der Waals surface area contributed by atoms with E-state index in [1.165, 1.54) is 0 Å². The molecule has 0 unspecified atom stereocenters. The first-order valence-corrected chi connectivity index (χ1v) is 11.3. The smallest absolute Gasteiger partial charge is 0.255 e. The molecule has 1 aliphatic rings. The molecule has 34 heavy (non-hydrogen) atoms. The van der Waals surface area contributed by atoms with E-state index < -0.39 is 6.04 Å². The molecule has 1 amide bonds. The summed E-state index contributed by atoms with van der Waals surface area (Å²) in [5.41, 5.74) is 4.89. The number of hydrogen-bond acceptors (Lipinski definition) is 5. The van der Waals surface area contributed by atoms with Crippen LogP contribution in [-0.4, -0.2) is 47.0 Å². The number of carbonyl (C=O) groups excluding carboxylic acids is 1. The van der Waals surface area contributed by atoms with Gasteiger partial charge in [-0.3, -0.25) is 4.79 Å². The lowest BCUT2D eigenvalue weighted by atomic mass is 9.99. The number of aliphatic hydroxyl groups is 2. The molecule has 3 aromatic carbocycles. The summed E-state index contributed by atoms with van der Waals surface area (Å²) in [4.78, 5) is 16.6. The second kappa shape index (κ2) is 9.59. The average Bonchev–Trinajstić information content (AvgIpc) is 3.30. The molecule has 0 saturated carbocycles. The molecule has 0 bridgehead atoms. The molecule has 0 spiro atoms. The van der Waals surface area contributed by atoms with Gasteiger partial charge in [-0.1, -0.05) is 42.5 Å². The lowest BCUT2D eigenvalue weighted by Gasteiger charge is -2.23. The van der Waals surface area contributed by atoms with Crippen LogP contribution < -0.4 is 14.8 Å². The minimum absolute atomic E-state index is 0.0337. The van der Waals surface area contributed by atoms with E-state index >= 15 is 0 Å². The van der Waals surface area contributed by atoms with E-state index in [-0.39, 0.29) is 19.1 Å². The summed E-state index contributed by atoms with van der Waals surface area (Å²) in [5.74, 6) is 0.579. The molecule has 0 fully saturated rings. The van der Waals surface area contributed by atoms with Crippen molar-refractivity contribution < 1.29 is 24.5 Å². The quantitative estimate of drug-likeness (QED) is 0.340. The average molecular weight is 459 g/mol. The van der Waals surface area contributed by atoms with Crippen LogP contribution in [0.5, 0.6) is 11.5 Å². The van der Waals surface area contributed by atoms with Gasteiger partial charge in [0.05, 0.1) is 24.8 Å². The molecule has 0 radical (unpaired) electrons. The Kier molecular flexibility index (Phi) is 6.20. The van der Waals surface area contributed by atoms with Gasteiger partial charge >= 0.3 is 0 Å². The van der Waals surface area contributed by atoms with Crippen molar-refractivity contribution in [3.63, 3.8) is 0 Å². The van der Waals surface area contributed by atoms with Crippen molar-refractivity contribution in [1.82, 2.24) is 10.3 Å². The molecular weight excluding hydrogens is 432 g/mol. The van der Waals surface area contributed by atoms with E-state index in [1.807, 2.05) is 60.8 Å². The minimum atomic E-state index is -0.473. The van der Waals surface area contributed by atoms with Crippen molar-refractivity contribution in [3.05, 3.63) is 83.6 Å². The van der Waals surface area contributed by atoms with E-state index in [2.05, 4.69) is 10.3 Å². The Labute approximate surface area is 197 Å². The van der Waals surface area contributed by atoms with Crippen molar-refractivity contribution in [2.24, 2.45) is 0 Å². The third kappa shape index (κ3) is 4.35. The lowest BCUT2D eigenvalue weighted by molar-refractivity contribution is 0.0906. The first kappa shape index (κ1) is 22.0. The highest BCUT2D eigenvalue weighted by molar-refractivity contribution is 5.99. The second-order valence-electron chi connectivity index (χ2n) is 8.32. The summed E-state index contributed by atoms with van der Waals surface area (Å²) in [6.07, 6.45) is 2.39. The summed E-state index contributed by atoms with van der Waals surface area (Å²) in [7, 11) is 0. The van der Waals surface area contributed by atoms with E-state index in [9.17, 15) is 15.0 Å². The van der Waals surface area contributed by atoms with Gasteiger partial charge in [-0.05, 0) is 46.9 Å². The van der Waals surface area contributed by atoms with Crippen molar-refractivity contribution >= 4 is 16.8 Å². The number of aliphatic hydroxyl groups excluding tert-OH is 2. The Morgan fingerprint density at radius 3 is 2.59 bits per heavy atom. The summed E-state index contributed by atoms with van der Waals surface area (Å²) >= 11 is 0. The van der Waals surface area contributed by atoms with Crippen LogP contribution in [0, 0.1) is 0 Å². The Balaban J connectivity index is 1.43. The Morgan fingerprint density at radius 2 is 1.79 bits per heavy atom. The van der Waals surface area contributed by atoms with E-state index in [0.29, 0.717) is 36.7 Å². The number of ether oxygens (including phenoxy) is 2. The van der Waals surface area contributed by atoms with Gasteiger partial charge in [-0.25, -0.2) is 0 Å². The maximum Gasteiger partial charge on any atom is 0.255 e. The van der Waals surface area contributed by atoms with Crippen molar-refractivity contribution in [2.45, 2.75) is 19.1 Å². The van der Waals surface area contributed by atoms with Crippen LogP contribution in [0.4, 0.5) is 0 Å². The predicted octanol–water partition coefficient (Wildman–Crippen LogP) is 3.43. The van der Waals surface area contributed by atoms with E-state index in [0.717, 1.165) is 33.2 Å². The largest absolute Gasteiger partial charge is 0.486 e. The van der Waals surface area contributed by atoms with Gasteiger partial charge in [0.25, 0.3) is 5.91 Å². The molecule has 4 aromatic rings. The van der Waals surface area contributed by atoms with Gasteiger partial charge in [0.2, 0.25) is 0 Å². The van der Waals surface area contributed by atoms with Gasteiger partial charge in [0.1, 0.15) is 13.2 Å². The van der Waals surface area contributed by atoms with Crippen LogP contribution >= 0.6 is 0 Å². The third-order valence-electron chi connectivity index (χ3n) is 6.05. The fraction of sp³-hybridized carbons (Fsp3) is 0.222. The molecule has 0 aliphatic carbocycles. The first-order valence-electron chi connectivity index (χ1n) is 11.3. The Morgan fingerprint density at radius 1 is 1.00 bits per heavy atom. The highest BCUT2D eigenvalue weighted by atomic mass is 16.6. The maximum atomic E-state index is 13.4. The van der Waals surface area contributed by atoms with Crippen LogP contribution in [0.1, 0.15) is 21.5 Å². The van der Waals surface area contributed by atoms with Crippen molar-refractivity contribution in [1.29, 1.82) is 0 Å². The zero-order valence-corrected chi connectivity index (χ0v) is 18.6. The fourth-order valence-electron chi connectivity index (χ4n) is 4.28. The Hall–Kier alpha value is -3.81. The molecule has 1 aromatic heterocycles. The van der Waals surface area contributed by atoms with Crippen molar-refractivity contribution in [3.8, 4) is 22.6 Å².